The summed E-state index contributed by atoms with van der Waals surface area (Å²) in [5.41, 5.74) is 0. The van der Waals surface area contributed by atoms with Crippen LogP contribution in [0.2, 0.25) is 0 Å². The van der Waals surface area contributed by atoms with Crippen molar-refractivity contribution in [2.75, 3.05) is 13.2 Å². The van der Waals surface area contributed by atoms with Crippen molar-refractivity contribution in [1.82, 2.24) is 5.32 Å². The molecule has 7 atom stereocenters. The van der Waals surface area contributed by atoms with Gasteiger partial charge in [0.15, 0.2) is 6.29 Å². The predicted octanol–water partition coefficient (Wildman–Crippen LogP) is 6.82. The van der Waals surface area contributed by atoms with Gasteiger partial charge < -0.3 is 40.3 Å². The second-order valence-electron chi connectivity index (χ2n) is 13.0. The van der Waals surface area contributed by atoms with Crippen LogP contribution in [0.5, 0.6) is 0 Å². The summed E-state index contributed by atoms with van der Waals surface area (Å²) >= 11 is 0. The van der Waals surface area contributed by atoms with Gasteiger partial charge >= 0.3 is 0 Å². The molecule has 9 nitrogen and oxygen atoms in total. The molecule has 0 aromatic rings. The largest absolute Gasteiger partial charge is 0.394 e. The third-order valence-corrected chi connectivity index (χ3v) is 8.53. The average molecular weight is 716 g/mol. The maximum Gasteiger partial charge on any atom is 0.220 e. The Morgan fingerprint density at radius 3 is 1.88 bits per heavy atom. The molecular formula is C42H69NO8. The van der Waals surface area contributed by atoms with Gasteiger partial charge in [0.2, 0.25) is 5.91 Å². The molecule has 1 amide bonds. The van der Waals surface area contributed by atoms with E-state index in [2.05, 4.69) is 79.1 Å². The number of nitrogens with one attached hydrogen (secondary N) is 1. The van der Waals surface area contributed by atoms with Crippen LogP contribution in [0.1, 0.15) is 117 Å². The Morgan fingerprint density at radius 1 is 0.706 bits per heavy atom. The van der Waals surface area contributed by atoms with E-state index in [4.69, 9.17) is 9.47 Å². The van der Waals surface area contributed by atoms with Gasteiger partial charge in [-0.15, -0.1) is 0 Å². The van der Waals surface area contributed by atoms with Gasteiger partial charge in [0.1, 0.15) is 24.4 Å². The van der Waals surface area contributed by atoms with E-state index >= 15 is 0 Å². The van der Waals surface area contributed by atoms with Crippen LogP contribution >= 0.6 is 0 Å². The van der Waals surface area contributed by atoms with Crippen LogP contribution in [0, 0.1) is 0 Å². The molecule has 1 aliphatic rings. The number of aliphatic hydroxyl groups excluding tert-OH is 5. The number of carbonyl (C=O) groups is 1. The molecule has 0 bridgehead atoms. The number of allylic oxidation sites excluding steroid dienone is 13. The lowest BCUT2D eigenvalue weighted by Gasteiger charge is -2.40. The third-order valence-electron chi connectivity index (χ3n) is 8.53. The van der Waals surface area contributed by atoms with Crippen LogP contribution in [0.3, 0.4) is 0 Å². The van der Waals surface area contributed by atoms with Crippen LogP contribution in [-0.2, 0) is 14.3 Å². The maximum atomic E-state index is 12.9. The molecule has 0 saturated carbocycles. The number of aliphatic hydroxyl groups is 5. The fourth-order valence-corrected chi connectivity index (χ4v) is 5.42. The van der Waals surface area contributed by atoms with E-state index in [1.807, 2.05) is 19.1 Å². The minimum absolute atomic E-state index is 0.215. The molecule has 0 spiro atoms. The summed E-state index contributed by atoms with van der Waals surface area (Å²) in [4.78, 5) is 12.9. The van der Waals surface area contributed by atoms with Crippen molar-refractivity contribution in [2.45, 2.75) is 159 Å². The zero-order valence-electron chi connectivity index (χ0n) is 31.3. The predicted molar refractivity (Wildman–Crippen MR) is 207 cm³/mol. The Morgan fingerprint density at radius 2 is 1.25 bits per heavy atom. The van der Waals surface area contributed by atoms with Crippen LogP contribution in [0.4, 0.5) is 0 Å². The van der Waals surface area contributed by atoms with Crippen molar-refractivity contribution in [3.8, 4) is 0 Å². The molecular weight excluding hydrogens is 646 g/mol. The molecule has 0 aromatic heterocycles. The van der Waals surface area contributed by atoms with E-state index in [0.717, 1.165) is 96.3 Å². The quantitative estimate of drug-likeness (QED) is 0.0365. The van der Waals surface area contributed by atoms with E-state index in [1.165, 1.54) is 0 Å². The molecule has 0 aromatic carbocycles. The Kier molecular flexibility index (Phi) is 29.2. The van der Waals surface area contributed by atoms with Crippen molar-refractivity contribution >= 4 is 5.91 Å². The zero-order valence-corrected chi connectivity index (χ0v) is 31.3. The molecule has 1 rings (SSSR count). The Labute approximate surface area is 308 Å². The smallest absolute Gasteiger partial charge is 0.220 e. The summed E-state index contributed by atoms with van der Waals surface area (Å²) in [7, 11) is 0. The Hall–Kier alpha value is -2.63. The molecule has 6 N–H and O–H groups in total. The van der Waals surface area contributed by atoms with Crippen LogP contribution in [0.15, 0.2) is 85.1 Å². The number of ether oxygens (including phenoxy) is 2. The Balaban J connectivity index is 2.41. The number of unbranched alkanes of at least 4 members (excludes halogenated alkanes) is 8. The van der Waals surface area contributed by atoms with Gasteiger partial charge in [-0.25, -0.2) is 0 Å². The fourth-order valence-electron chi connectivity index (χ4n) is 5.42. The lowest BCUT2D eigenvalue weighted by Crippen LogP contribution is -2.60. The van der Waals surface area contributed by atoms with Gasteiger partial charge in [-0.1, -0.05) is 118 Å². The Bertz CT molecular complexity index is 1060. The van der Waals surface area contributed by atoms with E-state index < -0.39 is 49.5 Å². The van der Waals surface area contributed by atoms with Crippen molar-refractivity contribution in [1.29, 1.82) is 0 Å². The summed E-state index contributed by atoms with van der Waals surface area (Å²) in [5, 5.41) is 53.8. The lowest BCUT2D eigenvalue weighted by atomic mass is 9.99. The van der Waals surface area contributed by atoms with Crippen molar-refractivity contribution < 1.29 is 39.8 Å². The standard InChI is InChI=1S/C42H69NO8/c1-3-5-7-9-11-13-14-15-16-17-18-19-20-21-22-24-26-28-30-32-38(46)43-35(36(45)31-29-27-25-23-12-10-8-6-4-2)34-50-42-41(49)40(48)39(47)37(33-44)51-42/h4-7,11-13,15-16,18-19,23,29,31,35-37,39-42,44-45,47-49H,3,8-10,14,17,20-22,24-28,30,32-34H2,1-2H3,(H,43,46)/b6-4+,7-5-,13-11-,16-15-,19-18-,23-12+,31-29+. The number of hydrogen-bond acceptors (Lipinski definition) is 8. The first-order valence-corrected chi connectivity index (χ1v) is 19.3. The summed E-state index contributed by atoms with van der Waals surface area (Å²) in [6.07, 6.45) is 36.5. The topological polar surface area (TPSA) is 149 Å². The minimum atomic E-state index is -1.58. The van der Waals surface area contributed by atoms with E-state index in [0.29, 0.717) is 6.42 Å². The third kappa shape index (κ3) is 23.5. The van der Waals surface area contributed by atoms with E-state index in [9.17, 15) is 30.3 Å². The van der Waals surface area contributed by atoms with Crippen molar-refractivity contribution in [2.24, 2.45) is 0 Å². The van der Waals surface area contributed by atoms with Gasteiger partial charge in [-0.3, -0.25) is 4.79 Å². The number of rotatable bonds is 29. The summed E-state index contributed by atoms with van der Waals surface area (Å²) in [6, 6.07) is -0.837. The lowest BCUT2D eigenvalue weighted by molar-refractivity contribution is -0.302. The van der Waals surface area contributed by atoms with Crippen LogP contribution in [0.25, 0.3) is 0 Å². The number of hydrogen-bond donors (Lipinski definition) is 6. The minimum Gasteiger partial charge on any atom is -0.394 e. The highest BCUT2D eigenvalue weighted by Gasteiger charge is 2.44. The first-order valence-electron chi connectivity index (χ1n) is 19.3. The van der Waals surface area contributed by atoms with Crippen molar-refractivity contribution in [3.05, 3.63) is 85.1 Å². The van der Waals surface area contributed by atoms with E-state index in [1.54, 1.807) is 6.08 Å². The molecule has 1 saturated heterocycles. The molecule has 7 unspecified atom stereocenters. The molecule has 1 fully saturated rings. The molecule has 51 heavy (non-hydrogen) atoms. The fraction of sp³-hybridized carbons (Fsp3) is 0.643. The van der Waals surface area contributed by atoms with Crippen molar-refractivity contribution in [3.63, 3.8) is 0 Å². The molecule has 290 valence electrons. The molecule has 0 aliphatic carbocycles. The summed E-state index contributed by atoms with van der Waals surface area (Å²) < 4.78 is 11.1. The number of amides is 1. The first kappa shape index (κ1) is 46.4. The second kappa shape index (κ2) is 32.1. The second-order valence-corrected chi connectivity index (χ2v) is 13.0. The highest BCUT2D eigenvalue weighted by atomic mass is 16.7. The molecule has 0 radical (unpaired) electrons. The van der Waals surface area contributed by atoms with Crippen LogP contribution in [-0.4, -0.2) is 87.5 Å². The molecule has 1 aliphatic heterocycles. The van der Waals surface area contributed by atoms with E-state index in [-0.39, 0.29) is 12.5 Å². The SMILES string of the molecule is C/C=C/CC/C=C/CC/C=C/C(O)C(COC1OC(CO)C(O)C(O)C1O)NC(=O)CCCCCCCC/C=C\C/C=C\C/C=C\C/C=C\CC. The highest BCUT2D eigenvalue weighted by molar-refractivity contribution is 5.76. The average Bonchev–Trinajstić information content (AvgIpc) is 3.13. The summed E-state index contributed by atoms with van der Waals surface area (Å²) in [5.74, 6) is -0.215. The van der Waals surface area contributed by atoms with Gasteiger partial charge in [0.05, 0.1) is 25.4 Å². The molecule has 1 heterocycles. The maximum absolute atomic E-state index is 12.9. The van der Waals surface area contributed by atoms with Gasteiger partial charge in [0.25, 0.3) is 0 Å². The first-order chi connectivity index (χ1) is 24.8. The zero-order chi connectivity index (χ0) is 37.4. The van der Waals surface area contributed by atoms with Gasteiger partial charge in [0, 0.05) is 6.42 Å². The number of carbonyl (C=O) groups excluding carboxylic acids is 1. The molecule has 9 heteroatoms. The van der Waals surface area contributed by atoms with Crippen LogP contribution < -0.4 is 5.32 Å². The monoisotopic (exact) mass is 716 g/mol. The normalized spacial score (nSPS) is 23.0. The van der Waals surface area contributed by atoms with Gasteiger partial charge in [-0.05, 0) is 77.6 Å². The highest BCUT2D eigenvalue weighted by Crippen LogP contribution is 2.22. The summed E-state index contributed by atoms with van der Waals surface area (Å²) in [6.45, 7) is 3.35. The van der Waals surface area contributed by atoms with Gasteiger partial charge in [-0.2, -0.15) is 0 Å².